The number of aryl methyl sites for hydroxylation is 1. The van der Waals surface area contributed by atoms with Gasteiger partial charge in [0.05, 0.1) is 16.8 Å². The van der Waals surface area contributed by atoms with Crippen LogP contribution in [0.4, 0.5) is 10.1 Å². The van der Waals surface area contributed by atoms with Crippen molar-refractivity contribution in [1.29, 1.82) is 0 Å². The Morgan fingerprint density at radius 2 is 1.82 bits per heavy atom. The third-order valence-electron chi connectivity index (χ3n) is 7.69. The van der Waals surface area contributed by atoms with Crippen LogP contribution >= 0.6 is 24.0 Å². The standard InChI is InChI=1S/C31H32ClFN4O2.ClH/c1-2-28-30(37-19-22(32)4-12-29(37)35-28)31(38)34-18-20-3-11-26(27(33)17-20)21-13-15-36(16-14-21)23-5-7-24(8-6-23)39-25-9-10-25;/h3-8,11-12,17,19,21,25H,2,9-10,13-16,18H2,1H3,(H,34,38);1H. The predicted octanol–water partition coefficient (Wildman–Crippen LogP) is 6.97. The van der Waals surface area contributed by atoms with Gasteiger partial charge < -0.3 is 15.0 Å². The molecule has 6 nitrogen and oxygen atoms in total. The lowest BCUT2D eigenvalue weighted by Crippen LogP contribution is -2.33. The van der Waals surface area contributed by atoms with Crippen LogP contribution in [0.2, 0.25) is 5.02 Å². The first kappa shape index (κ1) is 28.2. The van der Waals surface area contributed by atoms with Crippen molar-refractivity contribution in [3.63, 3.8) is 0 Å². The third-order valence-corrected chi connectivity index (χ3v) is 7.91. The lowest BCUT2D eigenvalue weighted by molar-refractivity contribution is 0.0944. The first-order chi connectivity index (χ1) is 19.0. The second kappa shape index (κ2) is 12.1. The molecule has 2 aromatic heterocycles. The summed E-state index contributed by atoms with van der Waals surface area (Å²) in [5.74, 6) is 0.642. The molecule has 6 rings (SSSR count). The number of imidazole rings is 1. The van der Waals surface area contributed by atoms with E-state index in [1.54, 1.807) is 28.8 Å². The monoisotopic (exact) mass is 582 g/mol. The zero-order valence-corrected chi connectivity index (χ0v) is 24.0. The van der Waals surface area contributed by atoms with E-state index >= 15 is 4.39 Å². The summed E-state index contributed by atoms with van der Waals surface area (Å²) in [4.78, 5) is 20.0. The number of hydrogen-bond donors (Lipinski definition) is 1. The van der Waals surface area contributed by atoms with Crippen molar-refractivity contribution in [2.75, 3.05) is 18.0 Å². The molecule has 210 valence electrons. The van der Waals surface area contributed by atoms with E-state index in [0.717, 1.165) is 55.6 Å². The van der Waals surface area contributed by atoms with Gasteiger partial charge in [-0.1, -0.05) is 30.7 Å². The summed E-state index contributed by atoms with van der Waals surface area (Å²) in [7, 11) is 0. The van der Waals surface area contributed by atoms with Gasteiger partial charge in [0.25, 0.3) is 5.91 Å². The molecule has 4 aromatic rings. The van der Waals surface area contributed by atoms with E-state index in [1.807, 2.05) is 31.2 Å². The Bertz CT molecular complexity index is 1500. The maximum Gasteiger partial charge on any atom is 0.270 e. The van der Waals surface area contributed by atoms with Crippen molar-refractivity contribution in [2.24, 2.45) is 0 Å². The highest BCUT2D eigenvalue weighted by Crippen LogP contribution is 2.33. The summed E-state index contributed by atoms with van der Waals surface area (Å²) >= 11 is 6.15. The number of rotatable bonds is 8. The molecule has 2 aliphatic rings. The quantitative estimate of drug-likeness (QED) is 0.244. The second-order valence-corrected chi connectivity index (χ2v) is 10.9. The van der Waals surface area contributed by atoms with Crippen LogP contribution in [0.5, 0.6) is 5.75 Å². The molecule has 40 heavy (non-hydrogen) atoms. The Labute approximate surface area is 244 Å². The van der Waals surface area contributed by atoms with Gasteiger partial charge in [-0.2, -0.15) is 0 Å². The number of fused-ring (bicyclic) bond motifs is 1. The molecule has 0 spiro atoms. The average Bonchev–Trinajstić information content (AvgIpc) is 3.69. The number of nitrogens with one attached hydrogen (secondary N) is 1. The van der Waals surface area contributed by atoms with E-state index in [1.165, 1.54) is 5.69 Å². The molecular formula is C31H33Cl2FN4O2. The van der Waals surface area contributed by atoms with E-state index in [0.29, 0.717) is 34.6 Å². The minimum atomic E-state index is -0.259. The van der Waals surface area contributed by atoms with Crippen LogP contribution in [0.25, 0.3) is 5.65 Å². The summed E-state index contributed by atoms with van der Waals surface area (Å²) in [5.41, 5.74) is 4.49. The third kappa shape index (κ3) is 6.06. The Hall–Kier alpha value is -3.29. The van der Waals surface area contributed by atoms with Crippen LogP contribution in [0.15, 0.2) is 60.8 Å². The van der Waals surface area contributed by atoms with Gasteiger partial charge in [-0.05, 0) is 91.6 Å². The lowest BCUT2D eigenvalue weighted by atomic mass is 9.88. The molecular weight excluding hydrogens is 550 g/mol. The topological polar surface area (TPSA) is 58.9 Å². The van der Waals surface area contributed by atoms with Crippen molar-refractivity contribution in [3.05, 3.63) is 94.1 Å². The maximum atomic E-state index is 15.2. The normalized spacial score (nSPS) is 15.6. The fourth-order valence-corrected chi connectivity index (χ4v) is 5.56. The summed E-state index contributed by atoms with van der Waals surface area (Å²) in [6.45, 7) is 3.95. The number of carbonyl (C=O) groups is 1. The minimum Gasteiger partial charge on any atom is -0.490 e. The van der Waals surface area contributed by atoms with Crippen LogP contribution in [0.3, 0.4) is 0 Å². The highest BCUT2D eigenvalue weighted by molar-refractivity contribution is 6.30. The number of halogens is 3. The molecule has 0 unspecified atom stereocenters. The Kier molecular flexibility index (Phi) is 8.52. The highest BCUT2D eigenvalue weighted by atomic mass is 35.5. The molecule has 0 radical (unpaired) electrons. The molecule has 1 saturated carbocycles. The molecule has 1 N–H and O–H groups in total. The number of carbonyl (C=O) groups excluding carboxylic acids is 1. The summed E-state index contributed by atoms with van der Waals surface area (Å²) in [6.07, 6.45) is 6.80. The van der Waals surface area contributed by atoms with Gasteiger partial charge in [0, 0.05) is 31.5 Å². The molecule has 1 amide bonds. The van der Waals surface area contributed by atoms with Crippen molar-refractivity contribution < 1.29 is 13.9 Å². The Balaban J connectivity index is 0.00000323. The molecule has 9 heteroatoms. The highest BCUT2D eigenvalue weighted by Gasteiger charge is 2.25. The number of benzene rings is 2. The molecule has 1 aliphatic carbocycles. The summed E-state index contributed by atoms with van der Waals surface area (Å²) < 4.78 is 22.8. The van der Waals surface area contributed by atoms with Crippen molar-refractivity contribution >= 4 is 41.2 Å². The zero-order valence-electron chi connectivity index (χ0n) is 22.4. The predicted molar refractivity (Wildman–Crippen MR) is 159 cm³/mol. The van der Waals surface area contributed by atoms with E-state index in [9.17, 15) is 4.79 Å². The van der Waals surface area contributed by atoms with Crippen molar-refractivity contribution in [3.8, 4) is 5.75 Å². The number of piperidine rings is 1. The molecule has 0 atom stereocenters. The Morgan fingerprint density at radius 1 is 1.07 bits per heavy atom. The number of hydrogen-bond acceptors (Lipinski definition) is 4. The van der Waals surface area contributed by atoms with Crippen molar-refractivity contribution in [2.45, 2.75) is 57.6 Å². The number of pyridine rings is 1. The van der Waals surface area contributed by atoms with Crippen molar-refractivity contribution in [1.82, 2.24) is 14.7 Å². The Morgan fingerprint density at radius 3 is 2.50 bits per heavy atom. The van der Waals surface area contributed by atoms with Crippen LogP contribution in [-0.4, -0.2) is 34.5 Å². The van der Waals surface area contributed by atoms with E-state index in [2.05, 4.69) is 27.3 Å². The first-order valence-electron chi connectivity index (χ1n) is 13.7. The average molecular weight is 584 g/mol. The van der Waals surface area contributed by atoms with Gasteiger partial charge in [0.15, 0.2) is 0 Å². The second-order valence-electron chi connectivity index (χ2n) is 10.4. The SMILES string of the molecule is CCc1nc2ccc(Cl)cn2c1C(=O)NCc1ccc(C2CCN(c3ccc(OC4CC4)cc3)CC2)c(F)c1.Cl. The molecule has 2 aromatic carbocycles. The van der Waals surface area contributed by atoms with Gasteiger partial charge in [-0.3, -0.25) is 9.20 Å². The number of amides is 1. The molecule has 0 bridgehead atoms. The summed E-state index contributed by atoms with van der Waals surface area (Å²) in [5, 5.41) is 3.45. The molecule has 3 heterocycles. The van der Waals surface area contributed by atoms with Gasteiger partial charge in [-0.25, -0.2) is 9.37 Å². The van der Waals surface area contributed by atoms with Crippen LogP contribution < -0.4 is 15.0 Å². The lowest BCUT2D eigenvalue weighted by Gasteiger charge is -2.34. The molecule has 1 aliphatic heterocycles. The maximum absolute atomic E-state index is 15.2. The van der Waals surface area contributed by atoms with E-state index in [4.69, 9.17) is 16.3 Å². The van der Waals surface area contributed by atoms with Crippen LogP contribution in [0.1, 0.15) is 65.8 Å². The number of anilines is 1. The van der Waals surface area contributed by atoms with Gasteiger partial charge in [-0.15, -0.1) is 12.4 Å². The number of aromatic nitrogens is 2. The molecule has 2 fully saturated rings. The summed E-state index contributed by atoms with van der Waals surface area (Å²) in [6, 6.07) is 17.2. The van der Waals surface area contributed by atoms with Gasteiger partial charge in [0.2, 0.25) is 0 Å². The van der Waals surface area contributed by atoms with E-state index < -0.39 is 0 Å². The zero-order chi connectivity index (χ0) is 26.9. The number of ether oxygens (including phenoxy) is 1. The fraction of sp³-hybridized carbons (Fsp3) is 0.355. The smallest absolute Gasteiger partial charge is 0.270 e. The minimum absolute atomic E-state index is 0. The van der Waals surface area contributed by atoms with Crippen LogP contribution in [0, 0.1) is 5.82 Å². The number of nitrogens with zero attached hydrogens (tertiary/aromatic N) is 3. The van der Waals surface area contributed by atoms with Gasteiger partial charge in [0.1, 0.15) is 22.9 Å². The van der Waals surface area contributed by atoms with Gasteiger partial charge >= 0.3 is 0 Å². The largest absolute Gasteiger partial charge is 0.490 e. The van der Waals surface area contributed by atoms with Crippen LogP contribution in [-0.2, 0) is 13.0 Å². The molecule has 1 saturated heterocycles. The fourth-order valence-electron chi connectivity index (χ4n) is 5.39. The first-order valence-corrected chi connectivity index (χ1v) is 14.1. The van der Waals surface area contributed by atoms with E-state index in [-0.39, 0.29) is 36.6 Å².